The highest BCUT2D eigenvalue weighted by molar-refractivity contribution is 7.90. The number of ether oxygens (including phenoxy) is 1. The van der Waals surface area contributed by atoms with Gasteiger partial charge in [0.05, 0.1) is 17.1 Å². The van der Waals surface area contributed by atoms with Crippen LogP contribution in [0, 0.1) is 5.92 Å². The fourth-order valence-corrected chi connectivity index (χ4v) is 5.81. The van der Waals surface area contributed by atoms with Gasteiger partial charge in [-0.2, -0.15) is 0 Å². The summed E-state index contributed by atoms with van der Waals surface area (Å²) >= 11 is 0. The minimum atomic E-state index is -4.24. The van der Waals surface area contributed by atoms with Crippen molar-refractivity contribution < 1.29 is 27.5 Å². The van der Waals surface area contributed by atoms with Crippen molar-refractivity contribution in [1.29, 1.82) is 0 Å². The van der Waals surface area contributed by atoms with E-state index in [1.54, 1.807) is 80.6 Å². The standard InChI is InChI=1S/C33H34N2O6S/c1-3-35(28-14-6-5-7-15-28)32(37)30(16-10-11-24-17-19-26(20-18-24)33(38)41-4-2)31(36)34-42(39,40)29-22-21-25-12-8-9-13-27(25)23-29/h5-9,12-15,17-23,30H,3-4,10-11,16H2,1-2H3,(H,34,36). The van der Waals surface area contributed by atoms with Crippen LogP contribution in [0.25, 0.3) is 10.8 Å². The van der Waals surface area contributed by atoms with Gasteiger partial charge in [0.1, 0.15) is 5.92 Å². The number of nitrogens with zero attached hydrogens (tertiary/aromatic N) is 1. The van der Waals surface area contributed by atoms with E-state index in [1.807, 2.05) is 18.2 Å². The van der Waals surface area contributed by atoms with E-state index in [9.17, 15) is 22.8 Å². The third-order valence-corrected chi connectivity index (χ3v) is 8.30. The Balaban J connectivity index is 1.54. The molecule has 1 N–H and O–H groups in total. The number of amides is 2. The van der Waals surface area contributed by atoms with Crippen molar-refractivity contribution in [2.75, 3.05) is 18.1 Å². The van der Waals surface area contributed by atoms with Crippen molar-refractivity contribution in [3.05, 3.63) is 108 Å². The van der Waals surface area contributed by atoms with Crippen molar-refractivity contribution in [3.63, 3.8) is 0 Å². The van der Waals surface area contributed by atoms with Gasteiger partial charge in [-0.25, -0.2) is 17.9 Å². The summed E-state index contributed by atoms with van der Waals surface area (Å²) in [5.74, 6) is -2.99. The molecule has 0 aliphatic rings. The van der Waals surface area contributed by atoms with E-state index in [0.29, 0.717) is 30.6 Å². The Kier molecular flexibility index (Phi) is 10.1. The topological polar surface area (TPSA) is 110 Å². The van der Waals surface area contributed by atoms with Crippen LogP contribution < -0.4 is 9.62 Å². The zero-order valence-electron chi connectivity index (χ0n) is 23.7. The van der Waals surface area contributed by atoms with Gasteiger partial charge >= 0.3 is 5.97 Å². The van der Waals surface area contributed by atoms with Crippen molar-refractivity contribution in [2.24, 2.45) is 5.92 Å². The minimum absolute atomic E-state index is 0.0576. The van der Waals surface area contributed by atoms with E-state index in [0.717, 1.165) is 16.3 Å². The van der Waals surface area contributed by atoms with Crippen molar-refractivity contribution in [1.82, 2.24) is 4.72 Å². The molecule has 0 radical (unpaired) electrons. The van der Waals surface area contributed by atoms with Crippen LogP contribution in [0.5, 0.6) is 0 Å². The molecule has 0 saturated carbocycles. The van der Waals surface area contributed by atoms with Gasteiger partial charge in [-0.05, 0) is 85.8 Å². The summed E-state index contributed by atoms with van der Waals surface area (Å²) in [6, 6.07) is 27.9. The molecule has 4 rings (SSSR count). The molecular formula is C33H34N2O6S. The average molecular weight is 587 g/mol. The molecule has 4 aromatic carbocycles. The molecule has 4 aromatic rings. The lowest BCUT2D eigenvalue weighted by Gasteiger charge is -2.26. The molecule has 42 heavy (non-hydrogen) atoms. The van der Waals surface area contributed by atoms with Gasteiger partial charge < -0.3 is 9.64 Å². The predicted octanol–water partition coefficient (Wildman–Crippen LogP) is 5.51. The van der Waals surface area contributed by atoms with E-state index in [4.69, 9.17) is 4.74 Å². The molecule has 9 heteroatoms. The third kappa shape index (κ3) is 7.41. The lowest BCUT2D eigenvalue weighted by molar-refractivity contribution is -0.133. The number of esters is 1. The molecule has 218 valence electrons. The van der Waals surface area contributed by atoms with Gasteiger partial charge in [-0.3, -0.25) is 9.59 Å². The Labute approximate surface area is 246 Å². The number of rotatable bonds is 12. The van der Waals surface area contributed by atoms with Crippen LogP contribution in [0.2, 0.25) is 0 Å². The predicted molar refractivity (Wildman–Crippen MR) is 163 cm³/mol. The summed E-state index contributed by atoms with van der Waals surface area (Å²) in [6.45, 7) is 4.13. The Bertz CT molecular complexity index is 1650. The summed E-state index contributed by atoms with van der Waals surface area (Å²) in [4.78, 5) is 40.7. The lowest BCUT2D eigenvalue weighted by atomic mass is 9.97. The largest absolute Gasteiger partial charge is 0.462 e. The quantitative estimate of drug-likeness (QED) is 0.173. The highest BCUT2D eigenvalue weighted by atomic mass is 32.2. The fourth-order valence-electron chi connectivity index (χ4n) is 4.76. The number of sulfonamides is 1. The number of benzene rings is 4. The van der Waals surface area contributed by atoms with Gasteiger partial charge in [0.2, 0.25) is 11.8 Å². The number of hydrogen-bond acceptors (Lipinski definition) is 6. The first-order chi connectivity index (χ1) is 20.2. The van der Waals surface area contributed by atoms with Gasteiger partial charge in [0.25, 0.3) is 10.0 Å². The van der Waals surface area contributed by atoms with Crippen LogP contribution in [-0.4, -0.2) is 39.4 Å². The summed E-state index contributed by atoms with van der Waals surface area (Å²) in [5.41, 5.74) is 1.97. The first kappa shape index (κ1) is 30.5. The molecule has 0 aliphatic heterocycles. The second kappa shape index (κ2) is 13.9. The maximum Gasteiger partial charge on any atom is 0.338 e. The van der Waals surface area contributed by atoms with E-state index < -0.39 is 33.7 Å². The number of carbonyl (C=O) groups excluding carboxylic acids is 3. The molecule has 1 atom stereocenters. The van der Waals surface area contributed by atoms with Crippen molar-refractivity contribution >= 4 is 44.3 Å². The summed E-state index contributed by atoms with van der Waals surface area (Å²) in [6.07, 6.45) is 1.08. The fraction of sp³-hybridized carbons (Fsp3) is 0.242. The smallest absolute Gasteiger partial charge is 0.338 e. The Morgan fingerprint density at radius 1 is 0.833 bits per heavy atom. The van der Waals surface area contributed by atoms with Gasteiger partial charge in [0, 0.05) is 12.2 Å². The zero-order valence-corrected chi connectivity index (χ0v) is 24.5. The van der Waals surface area contributed by atoms with E-state index in [-0.39, 0.29) is 17.9 Å². The van der Waals surface area contributed by atoms with Crippen LogP contribution in [0.15, 0.2) is 102 Å². The number of nitrogens with one attached hydrogen (secondary N) is 1. The van der Waals surface area contributed by atoms with Gasteiger partial charge in [-0.1, -0.05) is 60.7 Å². The third-order valence-electron chi connectivity index (χ3n) is 6.95. The second-order valence-corrected chi connectivity index (χ2v) is 11.4. The highest BCUT2D eigenvalue weighted by Gasteiger charge is 2.33. The molecule has 8 nitrogen and oxygen atoms in total. The SMILES string of the molecule is CCOC(=O)c1ccc(CCCC(C(=O)NS(=O)(=O)c2ccc3ccccc3c2)C(=O)N(CC)c2ccccc2)cc1. The molecule has 0 aromatic heterocycles. The highest BCUT2D eigenvalue weighted by Crippen LogP contribution is 2.23. The van der Waals surface area contributed by atoms with Gasteiger partial charge in [-0.15, -0.1) is 0 Å². The van der Waals surface area contributed by atoms with Gasteiger partial charge in [0.15, 0.2) is 0 Å². The number of para-hydroxylation sites is 1. The van der Waals surface area contributed by atoms with Crippen molar-refractivity contribution in [3.8, 4) is 0 Å². The van der Waals surface area contributed by atoms with Crippen LogP contribution in [-0.2, 0) is 30.8 Å². The molecule has 0 saturated heterocycles. The number of hydrogen-bond donors (Lipinski definition) is 1. The number of carbonyl (C=O) groups is 3. The molecule has 0 bridgehead atoms. The maximum absolute atomic E-state index is 13.8. The van der Waals surface area contributed by atoms with Crippen molar-refractivity contribution in [2.45, 2.75) is 38.0 Å². The molecule has 0 fully saturated rings. The average Bonchev–Trinajstić information content (AvgIpc) is 3.00. The first-order valence-electron chi connectivity index (χ1n) is 13.9. The zero-order chi connectivity index (χ0) is 30.1. The van der Waals surface area contributed by atoms with E-state index in [2.05, 4.69) is 4.72 Å². The normalized spacial score (nSPS) is 12.0. The molecule has 0 heterocycles. The Hall–Kier alpha value is -4.50. The number of fused-ring (bicyclic) bond motifs is 1. The Morgan fingerprint density at radius 2 is 1.50 bits per heavy atom. The number of aryl methyl sites for hydroxylation is 1. The van der Waals surface area contributed by atoms with E-state index in [1.165, 1.54) is 17.0 Å². The van der Waals surface area contributed by atoms with E-state index >= 15 is 0 Å². The summed E-state index contributed by atoms with van der Waals surface area (Å²) < 4.78 is 33.7. The van der Waals surface area contributed by atoms with Crippen LogP contribution in [0.4, 0.5) is 5.69 Å². The van der Waals surface area contributed by atoms with Crippen LogP contribution >= 0.6 is 0 Å². The molecular weight excluding hydrogens is 552 g/mol. The van der Waals surface area contributed by atoms with Crippen LogP contribution in [0.1, 0.15) is 42.6 Å². The summed E-state index contributed by atoms with van der Waals surface area (Å²) in [7, 11) is -4.24. The first-order valence-corrected chi connectivity index (χ1v) is 15.4. The molecule has 1 unspecified atom stereocenters. The van der Waals surface area contributed by atoms with Crippen LogP contribution in [0.3, 0.4) is 0 Å². The Morgan fingerprint density at radius 3 is 2.17 bits per heavy atom. The molecule has 0 spiro atoms. The molecule has 0 aliphatic carbocycles. The maximum atomic E-state index is 13.8. The monoisotopic (exact) mass is 586 g/mol. The summed E-state index contributed by atoms with van der Waals surface area (Å²) in [5, 5.41) is 1.59. The second-order valence-electron chi connectivity index (χ2n) is 9.76. The lowest BCUT2D eigenvalue weighted by Crippen LogP contribution is -2.45. The minimum Gasteiger partial charge on any atom is -0.462 e. The number of anilines is 1. The molecule has 2 amide bonds.